The Balaban J connectivity index is 2.22. The average molecular weight is 364 g/mol. The van der Waals surface area contributed by atoms with Crippen molar-refractivity contribution in [3.8, 4) is 17.2 Å². The van der Waals surface area contributed by atoms with E-state index < -0.39 is 5.63 Å². The van der Waals surface area contributed by atoms with Gasteiger partial charge in [-0.15, -0.1) is 0 Å². The second-order valence-corrected chi connectivity index (χ2v) is 6.29. The molecule has 0 saturated heterocycles. The minimum Gasteiger partial charge on any atom is -0.504 e. The van der Waals surface area contributed by atoms with E-state index in [9.17, 15) is 9.90 Å². The van der Waals surface area contributed by atoms with E-state index in [4.69, 9.17) is 19.0 Å². The maximum atomic E-state index is 12.3. The third kappa shape index (κ3) is 5.14. The summed E-state index contributed by atoms with van der Waals surface area (Å²) in [6, 6.07) is 4.93. The van der Waals surface area contributed by atoms with Gasteiger partial charge in [-0.1, -0.05) is 26.7 Å². The van der Waals surface area contributed by atoms with Crippen LogP contribution in [0.1, 0.15) is 52.4 Å². The SMILES string of the molecule is CCCCC(CC)Oc1c(O)c2ccc(OCCCCO)cc2oc1=O. The number of fused-ring (bicyclic) bond motifs is 1. The number of hydrogen-bond acceptors (Lipinski definition) is 6. The third-order valence-corrected chi connectivity index (χ3v) is 4.25. The summed E-state index contributed by atoms with van der Waals surface area (Å²) in [5, 5.41) is 19.7. The Kier molecular flexibility index (Phi) is 7.78. The largest absolute Gasteiger partial charge is 0.504 e. The number of ether oxygens (including phenoxy) is 2. The predicted molar refractivity (Wildman–Crippen MR) is 100 cm³/mol. The molecule has 2 rings (SSSR count). The lowest BCUT2D eigenvalue weighted by Crippen LogP contribution is -2.19. The molecule has 0 amide bonds. The first kappa shape index (κ1) is 20.1. The molecule has 6 heteroatoms. The lowest BCUT2D eigenvalue weighted by molar-refractivity contribution is 0.170. The van der Waals surface area contributed by atoms with Gasteiger partial charge in [-0.2, -0.15) is 0 Å². The zero-order valence-corrected chi connectivity index (χ0v) is 15.5. The Morgan fingerprint density at radius 3 is 2.69 bits per heavy atom. The highest BCUT2D eigenvalue weighted by Gasteiger charge is 2.19. The van der Waals surface area contributed by atoms with Crippen LogP contribution in [0.15, 0.2) is 27.4 Å². The molecule has 0 aliphatic rings. The second kappa shape index (κ2) is 10.1. The van der Waals surface area contributed by atoms with Crippen LogP contribution < -0.4 is 15.1 Å². The Hall–Kier alpha value is -2.21. The first-order valence-corrected chi connectivity index (χ1v) is 9.30. The summed E-state index contributed by atoms with van der Waals surface area (Å²) < 4.78 is 16.6. The van der Waals surface area contributed by atoms with Gasteiger partial charge in [0.25, 0.3) is 0 Å². The molecule has 2 N–H and O–H groups in total. The fourth-order valence-electron chi connectivity index (χ4n) is 2.69. The number of unbranched alkanes of at least 4 members (excludes halogenated alkanes) is 2. The molecule has 1 aromatic heterocycles. The van der Waals surface area contributed by atoms with Gasteiger partial charge in [0.1, 0.15) is 11.3 Å². The normalized spacial score (nSPS) is 12.3. The molecule has 1 aromatic carbocycles. The molecule has 6 nitrogen and oxygen atoms in total. The van der Waals surface area contributed by atoms with Crippen molar-refractivity contribution in [3.63, 3.8) is 0 Å². The number of rotatable bonds is 11. The van der Waals surface area contributed by atoms with Gasteiger partial charge in [0.2, 0.25) is 5.75 Å². The first-order chi connectivity index (χ1) is 12.6. The maximum absolute atomic E-state index is 12.3. The van der Waals surface area contributed by atoms with Crippen LogP contribution in [0, 0.1) is 0 Å². The van der Waals surface area contributed by atoms with E-state index in [1.165, 1.54) is 0 Å². The van der Waals surface area contributed by atoms with Crippen molar-refractivity contribution in [2.24, 2.45) is 0 Å². The van der Waals surface area contributed by atoms with Gasteiger partial charge in [0.15, 0.2) is 5.75 Å². The van der Waals surface area contributed by atoms with Gasteiger partial charge >= 0.3 is 5.63 Å². The molecule has 2 aromatic rings. The fourth-order valence-corrected chi connectivity index (χ4v) is 2.69. The minimum absolute atomic E-state index is 0.128. The molecule has 144 valence electrons. The molecular formula is C20H28O6. The number of aliphatic hydroxyl groups excluding tert-OH is 1. The Bertz CT molecular complexity index is 752. The molecule has 0 radical (unpaired) electrons. The van der Waals surface area contributed by atoms with Gasteiger partial charge in [0.05, 0.1) is 18.1 Å². The molecule has 0 bridgehead atoms. The number of hydrogen-bond donors (Lipinski definition) is 2. The summed E-state index contributed by atoms with van der Waals surface area (Å²) in [5.74, 6) is 0.219. The predicted octanol–water partition coefficient (Wildman–Crippen LogP) is 4.00. The molecule has 0 saturated carbocycles. The summed E-state index contributed by atoms with van der Waals surface area (Å²) >= 11 is 0. The maximum Gasteiger partial charge on any atom is 0.383 e. The van der Waals surface area contributed by atoms with Crippen LogP contribution in [-0.2, 0) is 0 Å². The van der Waals surface area contributed by atoms with Crippen molar-refractivity contribution in [1.82, 2.24) is 0 Å². The van der Waals surface area contributed by atoms with Gasteiger partial charge in [0, 0.05) is 12.7 Å². The summed E-state index contributed by atoms with van der Waals surface area (Å²) in [6.45, 7) is 4.67. The van der Waals surface area contributed by atoms with Crippen molar-refractivity contribution in [1.29, 1.82) is 0 Å². The molecule has 1 atom stereocenters. The van der Waals surface area contributed by atoms with Crippen LogP contribution in [-0.4, -0.2) is 29.5 Å². The Morgan fingerprint density at radius 1 is 1.19 bits per heavy atom. The van der Waals surface area contributed by atoms with Gasteiger partial charge in [-0.05, 0) is 37.8 Å². The molecule has 0 aliphatic carbocycles. The number of benzene rings is 1. The monoisotopic (exact) mass is 364 g/mol. The molecule has 26 heavy (non-hydrogen) atoms. The highest BCUT2D eigenvalue weighted by Crippen LogP contribution is 2.34. The van der Waals surface area contributed by atoms with E-state index >= 15 is 0 Å². The number of aromatic hydroxyl groups is 1. The van der Waals surface area contributed by atoms with E-state index in [0.29, 0.717) is 24.2 Å². The minimum atomic E-state index is -0.692. The first-order valence-electron chi connectivity index (χ1n) is 9.30. The van der Waals surface area contributed by atoms with Crippen molar-refractivity contribution in [2.45, 2.75) is 58.5 Å². The Labute approximate surface area is 153 Å². The van der Waals surface area contributed by atoms with E-state index in [1.807, 2.05) is 6.92 Å². The van der Waals surface area contributed by atoms with E-state index in [1.54, 1.807) is 18.2 Å². The zero-order chi connectivity index (χ0) is 18.9. The second-order valence-electron chi connectivity index (χ2n) is 6.29. The third-order valence-electron chi connectivity index (χ3n) is 4.25. The van der Waals surface area contributed by atoms with Crippen LogP contribution in [0.4, 0.5) is 0 Å². The molecular weight excluding hydrogens is 336 g/mol. The van der Waals surface area contributed by atoms with Crippen LogP contribution in [0.2, 0.25) is 0 Å². The van der Waals surface area contributed by atoms with Crippen LogP contribution in [0.3, 0.4) is 0 Å². The summed E-state index contributed by atoms with van der Waals surface area (Å²) in [7, 11) is 0. The van der Waals surface area contributed by atoms with Crippen LogP contribution >= 0.6 is 0 Å². The lowest BCUT2D eigenvalue weighted by Gasteiger charge is -2.17. The number of aliphatic hydroxyl groups is 1. The smallest absolute Gasteiger partial charge is 0.383 e. The molecule has 1 unspecified atom stereocenters. The highest BCUT2D eigenvalue weighted by molar-refractivity contribution is 5.86. The fraction of sp³-hybridized carbons (Fsp3) is 0.550. The average Bonchev–Trinajstić information content (AvgIpc) is 2.64. The van der Waals surface area contributed by atoms with Crippen molar-refractivity contribution >= 4 is 11.0 Å². The molecule has 1 heterocycles. The Morgan fingerprint density at radius 2 is 2.00 bits per heavy atom. The lowest BCUT2D eigenvalue weighted by atomic mass is 10.1. The summed E-state index contributed by atoms with van der Waals surface area (Å²) in [4.78, 5) is 12.3. The van der Waals surface area contributed by atoms with Crippen molar-refractivity contribution in [2.75, 3.05) is 13.2 Å². The van der Waals surface area contributed by atoms with Crippen LogP contribution in [0.25, 0.3) is 11.0 Å². The van der Waals surface area contributed by atoms with E-state index in [2.05, 4.69) is 6.92 Å². The quantitative estimate of drug-likeness (QED) is 0.463. The van der Waals surface area contributed by atoms with Gasteiger partial charge in [-0.3, -0.25) is 0 Å². The molecule has 0 spiro atoms. The summed E-state index contributed by atoms with van der Waals surface area (Å²) in [5.41, 5.74) is -0.441. The zero-order valence-electron chi connectivity index (χ0n) is 15.5. The van der Waals surface area contributed by atoms with Gasteiger partial charge in [-0.25, -0.2) is 4.79 Å². The summed E-state index contributed by atoms with van der Waals surface area (Å²) in [6.07, 6.45) is 4.87. The van der Waals surface area contributed by atoms with Crippen molar-refractivity contribution < 1.29 is 24.1 Å². The van der Waals surface area contributed by atoms with E-state index in [-0.39, 0.29) is 29.8 Å². The van der Waals surface area contributed by atoms with E-state index in [0.717, 1.165) is 32.1 Å². The molecule has 0 fully saturated rings. The topological polar surface area (TPSA) is 89.1 Å². The molecule has 0 aliphatic heterocycles. The highest BCUT2D eigenvalue weighted by atomic mass is 16.5. The van der Waals surface area contributed by atoms with Crippen molar-refractivity contribution in [3.05, 3.63) is 28.6 Å². The standard InChI is InChI=1S/C20H28O6/c1-3-5-8-14(4-2)25-19-18(22)16-10-9-15(24-12-7-6-11-21)13-17(16)26-20(19)23/h9-10,13-14,21-22H,3-8,11-12H2,1-2H3. The van der Waals surface area contributed by atoms with Crippen LogP contribution in [0.5, 0.6) is 17.2 Å². The van der Waals surface area contributed by atoms with Gasteiger partial charge < -0.3 is 24.1 Å².